The van der Waals surface area contributed by atoms with Gasteiger partial charge in [-0.3, -0.25) is 4.79 Å². The standard InChI is InChI=1S/C30H28BrN3O3/c1-3-36-28-16-22(15-26(31)29(28)37-19-21-10-8-20(2)9-11-21)14-24(17-32)30(35)33-13-12-23-18-34-27-7-5-4-6-25(23)27/h4-11,14-16,18,34H,3,12-13,19H2,1-2H3,(H,33,35)/b24-14-. The number of hydrogen-bond acceptors (Lipinski definition) is 4. The summed E-state index contributed by atoms with van der Waals surface area (Å²) in [5.74, 6) is 0.685. The lowest BCUT2D eigenvalue weighted by Gasteiger charge is -2.15. The van der Waals surface area contributed by atoms with Gasteiger partial charge < -0.3 is 19.8 Å². The molecule has 0 unspecified atom stereocenters. The topological polar surface area (TPSA) is 87.1 Å². The number of nitrogens with one attached hydrogen (secondary N) is 2. The van der Waals surface area contributed by atoms with Gasteiger partial charge in [0.15, 0.2) is 11.5 Å². The number of H-pyrrole nitrogens is 1. The highest BCUT2D eigenvalue weighted by molar-refractivity contribution is 9.10. The fraction of sp³-hybridized carbons (Fsp3) is 0.200. The Morgan fingerprint density at radius 2 is 1.92 bits per heavy atom. The summed E-state index contributed by atoms with van der Waals surface area (Å²) in [6.07, 6.45) is 4.16. The molecule has 0 aliphatic heterocycles. The Hall–Kier alpha value is -4.02. The number of nitrogens with zero attached hydrogens (tertiary/aromatic N) is 1. The molecule has 0 atom stereocenters. The van der Waals surface area contributed by atoms with Gasteiger partial charge in [0, 0.05) is 23.6 Å². The van der Waals surface area contributed by atoms with Crippen LogP contribution in [-0.4, -0.2) is 24.0 Å². The lowest BCUT2D eigenvalue weighted by atomic mass is 10.1. The Kier molecular flexibility index (Phi) is 8.65. The SMILES string of the molecule is CCOc1cc(/C=C(/C#N)C(=O)NCCc2c[nH]c3ccccc23)cc(Br)c1OCc1ccc(C)cc1. The Labute approximate surface area is 225 Å². The average molecular weight is 558 g/mol. The van der Waals surface area contributed by atoms with Crippen LogP contribution in [0.15, 0.2) is 76.9 Å². The highest BCUT2D eigenvalue weighted by Gasteiger charge is 2.15. The number of para-hydroxylation sites is 1. The summed E-state index contributed by atoms with van der Waals surface area (Å²) < 4.78 is 12.5. The first kappa shape index (κ1) is 26.1. The van der Waals surface area contributed by atoms with E-state index in [0.29, 0.717) is 47.7 Å². The number of rotatable bonds is 10. The van der Waals surface area contributed by atoms with E-state index >= 15 is 0 Å². The van der Waals surface area contributed by atoms with E-state index in [2.05, 4.69) is 26.2 Å². The molecule has 0 aliphatic rings. The lowest BCUT2D eigenvalue weighted by Crippen LogP contribution is -2.26. The molecule has 0 bridgehead atoms. The van der Waals surface area contributed by atoms with Gasteiger partial charge in [0.2, 0.25) is 0 Å². The van der Waals surface area contributed by atoms with Crippen LogP contribution in [0, 0.1) is 18.3 Å². The van der Waals surface area contributed by atoms with E-state index < -0.39 is 5.91 Å². The first-order valence-electron chi connectivity index (χ1n) is 12.1. The normalized spacial score (nSPS) is 11.2. The van der Waals surface area contributed by atoms with Crippen molar-refractivity contribution in [2.24, 2.45) is 0 Å². The molecule has 0 saturated heterocycles. The third kappa shape index (κ3) is 6.60. The molecule has 0 fully saturated rings. The van der Waals surface area contributed by atoms with E-state index in [0.717, 1.165) is 22.0 Å². The summed E-state index contributed by atoms with van der Waals surface area (Å²) in [6.45, 7) is 5.18. The van der Waals surface area contributed by atoms with E-state index in [1.807, 2.05) is 80.7 Å². The minimum absolute atomic E-state index is 0.0154. The molecule has 4 aromatic rings. The number of carbonyl (C=O) groups is 1. The zero-order chi connectivity index (χ0) is 26.2. The molecule has 3 aromatic carbocycles. The molecular weight excluding hydrogens is 530 g/mol. The molecule has 37 heavy (non-hydrogen) atoms. The largest absolute Gasteiger partial charge is 0.490 e. The van der Waals surface area contributed by atoms with Gasteiger partial charge in [-0.05, 0) is 77.2 Å². The van der Waals surface area contributed by atoms with Crippen LogP contribution in [0.25, 0.3) is 17.0 Å². The predicted octanol–water partition coefficient (Wildman–Crippen LogP) is 6.48. The molecule has 0 radical (unpaired) electrons. The van der Waals surface area contributed by atoms with Gasteiger partial charge in [-0.25, -0.2) is 0 Å². The van der Waals surface area contributed by atoms with E-state index in [4.69, 9.17) is 9.47 Å². The zero-order valence-electron chi connectivity index (χ0n) is 20.8. The molecule has 0 aliphatic carbocycles. The summed E-state index contributed by atoms with van der Waals surface area (Å²) in [5, 5.41) is 13.6. The molecule has 1 aromatic heterocycles. The number of aromatic amines is 1. The van der Waals surface area contributed by atoms with Crippen LogP contribution in [0.2, 0.25) is 0 Å². The molecule has 0 saturated carbocycles. The number of nitriles is 1. The van der Waals surface area contributed by atoms with Gasteiger partial charge in [0.25, 0.3) is 5.91 Å². The first-order valence-corrected chi connectivity index (χ1v) is 12.9. The van der Waals surface area contributed by atoms with Crippen LogP contribution in [0.3, 0.4) is 0 Å². The number of aryl methyl sites for hydroxylation is 1. The van der Waals surface area contributed by atoms with Crippen LogP contribution < -0.4 is 14.8 Å². The van der Waals surface area contributed by atoms with Gasteiger partial charge in [-0.15, -0.1) is 0 Å². The van der Waals surface area contributed by atoms with Crippen LogP contribution in [0.5, 0.6) is 11.5 Å². The maximum Gasteiger partial charge on any atom is 0.261 e. The fourth-order valence-corrected chi connectivity index (χ4v) is 4.55. The molecule has 1 amide bonds. The summed E-state index contributed by atoms with van der Waals surface area (Å²) >= 11 is 3.57. The fourth-order valence-electron chi connectivity index (χ4n) is 3.97. The van der Waals surface area contributed by atoms with Crippen molar-refractivity contribution in [1.29, 1.82) is 5.26 Å². The van der Waals surface area contributed by atoms with Crippen LogP contribution in [0.1, 0.15) is 29.2 Å². The molecule has 6 nitrogen and oxygen atoms in total. The summed E-state index contributed by atoms with van der Waals surface area (Å²) in [7, 11) is 0. The van der Waals surface area contributed by atoms with Crippen molar-refractivity contribution in [1.82, 2.24) is 10.3 Å². The summed E-state index contributed by atoms with van der Waals surface area (Å²) in [6, 6.07) is 21.8. The number of aromatic nitrogens is 1. The molecule has 0 spiro atoms. The first-order chi connectivity index (χ1) is 18.0. The van der Waals surface area contributed by atoms with Crippen molar-refractivity contribution in [3.63, 3.8) is 0 Å². The molecule has 7 heteroatoms. The summed E-state index contributed by atoms with van der Waals surface area (Å²) in [4.78, 5) is 16.0. The molecular formula is C30H28BrN3O3. The van der Waals surface area contributed by atoms with Crippen molar-refractivity contribution in [3.05, 3.63) is 99.2 Å². The third-order valence-electron chi connectivity index (χ3n) is 5.87. The molecule has 4 rings (SSSR count). The van der Waals surface area contributed by atoms with Gasteiger partial charge in [-0.2, -0.15) is 5.26 Å². The van der Waals surface area contributed by atoms with Crippen LogP contribution in [-0.2, 0) is 17.8 Å². The molecule has 188 valence electrons. The van der Waals surface area contributed by atoms with E-state index in [1.54, 1.807) is 12.1 Å². The van der Waals surface area contributed by atoms with Crippen LogP contribution >= 0.6 is 15.9 Å². The van der Waals surface area contributed by atoms with E-state index in [9.17, 15) is 10.1 Å². The van der Waals surface area contributed by atoms with Gasteiger partial charge in [-0.1, -0.05) is 48.0 Å². The minimum atomic E-state index is -0.420. The van der Waals surface area contributed by atoms with Crippen molar-refractivity contribution in [2.75, 3.05) is 13.2 Å². The van der Waals surface area contributed by atoms with Crippen molar-refractivity contribution >= 4 is 38.8 Å². The van der Waals surface area contributed by atoms with E-state index in [1.165, 1.54) is 5.56 Å². The Balaban J connectivity index is 1.45. The number of carbonyl (C=O) groups excluding carboxylic acids is 1. The van der Waals surface area contributed by atoms with Gasteiger partial charge in [0.1, 0.15) is 18.2 Å². The highest BCUT2D eigenvalue weighted by atomic mass is 79.9. The predicted molar refractivity (Wildman–Crippen MR) is 149 cm³/mol. The number of benzene rings is 3. The quantitative estimate of drug-likeness (QED) is 0.172. The average Bonchev–Trinajstić information content (AvgIpc) is 3.31. The monoisotopic (exact) mass is 557 g/mol. The van der Waals surface area contributed by atoms with Gasteiger partial charge in [0.05, 0.1) is 11.1 Å². The second-order valence-electron chi connectivity index (χ2n) is 8.57. The van der Waals surface area contributed by atoms with Gasteiger partial charge >= 0.3 is 0 Å². The lowest BCUT2D eigenvalue weighted by molar-refractivity contribution is -0.117. The number of fused-ring (bicyclic) bond motifs is 1. The maximum atomic E-state index is 12.7. The van der Waals surface area contributed by atoms with Crippen LogP contribution in [0.4, 0.5) is 0 Å². The second kappa shape index (κ2) is 12.3. The zero-order valence-corrected chi connectivity index (χ0v) is 22.4. The summed E-state index contributed by atoms with van der Waals surface area (Å²) in [5.41, 5.74) is 5.07. The highest BCUT2D eigenvalue weighted by Crippen LogP contribution is 2.38. The smallest absolute Gasteiger partial charge is 0.261 e. The minimum Gasteiger partial charge on any atom is -0.490 e. The second-order valence-corrected chi connectivity index (χ2v) is 9.43. The number of amides is 1. The maximum absolute atomic E-state index is 12.7. The molecule has 1 heterocycles. The van der Waals surface area contributed by atoms with Crippen molar-refractivity contribution in [3.8, 4) is 17.6 Å². The third-order valence-corrected chi connectivity index (χ3v) is 6.46. The Morgan fingerprint density at radius 1 is 1.14 bits per heavy atom. The Morgan fingerprint density at radius 3 is 2.68 bits per heavy atom. The van der Waals surface area contributed by atoms with E-state index in [-0.39, 0.29) is 5.57 Å². The van der Waals surface area contributed by atoms with Crippen molar-refractivity contribution < 1.29 is 14.3 Å². The molecule has 2 N–H and O–H groups in total. The number of hydrogen-bond donors (Lipinski definition) is 2. The number of ether oxygens (including phenoxy) is 2. The number of halogens is 1. The Bertz CT molecular complexity index is 1470. The van der Waals surface area contributed by atoms with Crippen molar-refractivity contribution in [2.45, 2.75) is 26.9 Å².